The van der Waals surface area contributed by atoms with Gasteiger partial charge in [-0.1, -0.05) is 0 Å². The highest BCUT2D eigenvalue weighted by Crippen LogP contribution is 2.27. The standard InChI is InChI=1S/C8H9BrO2S/c1-3-11-8(10)7-6(9)4-5(2)12-7/h4H,3H2,1-2H3. The molecule has 0 atom stereocenters. The van der Waals surface area contributed by atoms with E-state index in [2.05, 4.69) is 15.9 Å². The first-order valence-corrected chi connectivity index (χ1v) is 5.19. The molecule has 0 unspecified atom stereocenters. The second-order valence-corrected chi connectivity index (χ2v) is 4.37. The molecule has 1 aromatic rings. The van der Waals surface area contributed by atoms with Crippen LogP contribution < -0.4 is 0 Å². The third-order valence-corrected chi connectivity index (χ3v) is 3.19. The van der Waals surface area contributed by atoms with E-state index in [-0.39, 0.29) is 5.97 Å². The van der Waals surface area contributed by atoms with Gasteiger partial charge in [-0.25, -0.2) is 4.79 Å². The molecule has 2 nitrogen and oxygen atoms in total. The van der Waals surface area contributed by atoms with Gasteiger partial charge in [-0.15, -0.1) is 11.3 Å². The Hall–Kier alpha value is -0.350. The topological polar surface area (TPSA) is 26.3 Å². The first kappa shape index (κ1) is 9.74. The lowest BCUT2D eigenvalue weighted by Gasteiger charge is -1.97. The Labute approximate surface area is 83.7 Å². The zero-order valence-electron chi connectivity index (χ0n) is 6.89. The summed E-state index contributed by atoms with van der Waals surface area (Å²) in [5.74, 6) is -0.248. The van der Waals surface area contributed by atoms with Crippen LogP contribution in [0.2, 0.25) is 0 Å². The molecule has 0 bridgehead atoms. The molecule has 66 valence electrons. The average molecular weight is 249 g/mol. The monoisotopic (exact) mass is 248 g/mol. The van der Waals surface area contributed by atoms with Crippen molar-refractivity contribution < 1.29 is 9.53 Å². The molecule has 1 rings (SSSR count). The molecule has 0 radical (unpaired) electrons. The van der Waals surface area contributed by atoms with E-state index >= 15 is 0 Å². The molecule has 0 aliphatic rings. The minimum atomic E-state index is -0.248. The van der Waals surface area contributed by atoms with Crippen molar-refractivity contribution >= 4 is 33.2 Å². The molecular weight excluding hydrogens is 240 g/mol. The van der Waals surface area contributed by atoms with E-state index in [4.69, 9.17) is 4.74 Å². The smallest absolute Gasteiger partial charge is 0.349 e. The molecular formula is C8H9BrO2S. The predicted octanol–water partition coefficient (Wildman–Crippen LogP) is 3.00. The summed E-state index contributed by atoms with van der Waals surface area (Å²) in [6, 6.07) is 1.91. The maximum atomic E-state index is 11.2. The number of thiophene rings is 1. The highest BCUT2D eigenvalue weighted by Gasteiger charge is 2.13. The minimum absolute atomic E-state index is 0.248. The van der Waals surface area contributed by atoms with Crippen LogP contribution in [0.25, 0.3) is 0 Å². The van der Waals surface area contributed by atoms with E-state index in [1.807, 2.05) is 13.0 Å². The number of hydrogen-bond donors (Lipinski definition) is 0. The van der Waals surface area contributed by atoms with E-state index in [0.717, 1.165) is 9.35 Å². The van der Waals surface area contributed by atoms with E-state index in [0.29, 0.717) is 11.5 Å². The minimum Gasteiger partial charge on any atom is -0.462 e. The predicted molar refractivity (Wildman–Crippen MR) is 52.7 cm³/mol. The Morgan fingerprint density at radius 1 is 1.75 bits per heavy atom. The summed E-state index contributed by atoms with van der Waals surface area (Å²) < 4.78 is 5.69. The fourth-order valence-corrected chi connectivity index (χ4v) is 2.52. The van der Waals surface area contributed by atoms with E-state index in [1.54, 1.807) is 6.92 Å². The molecule has 0 aliphatic heterocycles. The van der Waals surface area contributed by atoms with E-state index in [9.17, 15) is 4.79 Å². The van der Waals surface area contributed by atoms with Crippen LogP contribution in [0.3, 0.4) is 0 Å². The summed E-state index contributed by atoms with van der Waals surface area (Å²) in [4.78, 5) is 13.0. The fourth-order valence-electron chi connectivity index (χ4n) is 0.819. The van der Waals surface area contributed by atoms with Gasteiger partial charge in [-0.2, -0.15) is 0 Å². The Kier molecular flexibility index (Phi) is 3.29. The van der Waals surface area contributed by atoms with Crippen LogP contribution in [0.15, 0.2) is 10.5 Å². The second-order valence-electron chi connectivity index (χ2n) is 2.25. The third kappa shape index (κ3) is 2.08. The van der Waals surface area contributed by atoms with Gasteiger partial charge in [0.05, 0.1) is 6.61 Å². The van der Waals surface area contributed by atoms with Crippen LogP contribution in [0, 0.1) is 6.92 Å². The van der Waals surface area contributed by atoms with Gasteiger partial charge in [-0.3, -0.25) is 0 Å². The lowest BCUT2D eigenvalue weighted by atomic mass is 10.4. The van der Waals surface area contributed by atoms with Crippen LogP contribution >= 0.6 is 27.3 Å². The maximum Gasteiger partial charge on any atom is 0.349 e. The summed E-state index contributed by atoms with van der Waals surface area (Å²) in [5.41, 5.74) is 0. The highest BCUT2D eigenvalue weighted by atomic mass is 79.9. The molecule has 0 saturated carbocycles. The van der Waals surface area contributed by atoms with Crippen molar-refractivity contribution in [2.24, 2.45) is 0 Å². The molecule has 1 heterocycles. The first-order valence-electron chi connectivity index (χ1n) is 3.58. The van der Waals surface area contributed by atoms with Gasteiger partial charge in [0.2, 0.25) is 0 Å². The number of rotatable bonds is 2. The Morgan fingerprint density at radius 3 is 2.83 bits per heavy atom. The molecule has 0 spiro atoms. The fraction of sp³-hybridized carbons (Fsp3) is 0.375. The van der Waals surface area contributed by atoms with Crippen LogP contribution in [0.4, 0.5) is 0 Å². The molecule has 0 amide bonds. The quantitative estimate of drug-likeness (QED) is 0.753. The Balaban J connectivity index is 2.87. The van der Waals surface area contributed by atoms with Crippen LogP contribution in [0.1, 0.15) is 21.5 Å². The molecule has 0 saturated heterocycles. The second kappa shape index (κ2) is 4.05. The molecule has 1 aromatic heterocycles. The number of ether oxygens (including phenoxy) is 1. The van der Waals surface area contributed by atoms with Crippen molar-refractivity contribution in [1.82, 2.24) is 0 Å². The van der Waals surface area contributed by atoms with E-state index in [1.165, 1.54) is 11.3 Å². The lowest BCUT2D eigenvalue weighted by molar-refractivity contribution is 0.0531. The number of carbonyl (C=O) groups is 1. The van der Waals surface area contributed by atoms with Crippen molar-refractivity contribution in [3.63, 3.8) is 0 Å². The Morgan fingerprint density at radius 2 is 2.42 bits per heavy atom. The molecule has 0 aliphatic carbocycles. The van der Waals surface area contributed by atoms with Crippen LogP contribution in [-0.2, 0) is 4.74 Å². The number of aryl methyl sites for hydroxylation is 1. The van der Waals surface area contributed by atoms with Crippen molar-refractivity contribution in [3.8, 4) is 0 Å². The molecule has 0 aromatic carbocycles. The molecule has 0 N–H and O–H groups in total. The number of halogens is 1. The zero-order valence-corrected chi connectivity index (χ0v) is 9.29. The first-order chi connectivity index (χ1) is 5.65. The number of esters is 1. The molecule has 4 heteroatoms. The number of carbonyl (C=O) groups excluding carboxylic acids is 1. The van der Waals surface area contributed by atoms with Gasteiger partial charge in [-0.05, 0) is 35.8 Å². The maximum absolute atomic E-state index is 11.2. The van der Waals surface area contributed by atoms with Crippen molar-refractivity contribution in [1.29, 1.82) is 0 Å². The summed E-state index contributed by atoms with van der Waals surface area (Å²) in [6.07, 6.45) is 0. The van der Waals surface area contributed by atoms with Gasteiger partial charge in [0.25, 0.3) is 0 Å². The zero-order chi connectivity index (χ0) is 9.14. The lowest BCUT2D eigenvalue weighted by Crippen LogP contribution is -2.02. The van der Waals surface area contributed by atoms with Crippen LogP contribution in [0.5, 0.6) is 0 Å². The SMILES string of the molecule is CCOC(=O)c1sc(C)cc1Br. The highest BCUT2D eigenvalue weighted by molar-refractivity contribution is 9.10. The van der Waals surface area contributed by atoms with E-state index < -0.39 is 0 Å². The average Bonchev–Trinajstić information content (AvgIpc) is 2.30. The molecule has 12 heavy (non-hydrogen) atoms. The van der Waals surface area contributed by atoms with Crippen molar-refractivity contribution in [2.45, 2.75) is 13.8 Å². The van der Waals surface area contributed by atoms with Gasteiger partial charge >= 0.3 is 5.97 Å². The number of hydrogen-bond acceptors (Lipinski definition) is 3. The van der Waals surface area contributed by atoms with Gasteiger partial charge < -0.3 is 4.74 Å². The van der Waals surface area contributed by atoms with Gasteiger partial charge in [0, 0.05) is 9.35 Å². The van der Waals surface area contributed by atoms with Gasteiger partial charge in [0.1, 0.15) is 4.88 Å². The van der Waals surface area contributed by atoms with Crippen molar-refractivity contribution in [3.05, 3.63) is 20.3 Å². The summed E-state index contributed by atoms with van der Waals surface area (Å²) >= 11 is 4.74. The third-order valence-electron chi connectivity index (χ3n) is 1.27. The van der Waals surface area contributed by atoms with Crippen molar-refractivity contribution in [2.75, 3.05) is 6.61 Å². The normalized spacial score (nSPS) is 9.92. The summed E-state index contributed by atoms with van der Waals surface area (Å²) in [7, 11) is 0. The van der Waals surface area contributed by atoms with Crippen LogP contribution in [-0.4, -0.2) is 12.6 Å². The molecule has 0 fully saturated rings. The largest absolute Gasteiger partial charge is 0.462 e. The Bertz CT molecular complexity index is 293. The summed E-state index contributed by atoms with van der Waals surface area (Å²) in [5, 5.41) is 0. The van der Waals surface area contributed by atoms with Gasteiger partial charge in [0.15, 0.2) is 0 Å². The summed E-state index contributed by atoms with van der Waals surface area (Å²) in [6.45, 7) is 4.17.